The van der Waals surface area contributed by atoms with Crippen LogP contribution in [0, 0.1) is 5.92 Å². The van der Waals surface area contributed by atoms with E-state index in [0.29, 0.717) is 36.4 Å². The number of hydrogen-bond donors (Lipinski definition) is 4. The fourth-order valence-electron chi connectivity index (χ4n) is 3.91. The summed E-state index contributed by atoms with van der Waals surface area (Å²) in [5.41, 5.74) is 1.35. The minimum Gasteiger partial charge on any atom is -0.497 e. The van der Waals surface area contributed by atoms with Gasteiger partial charge in [-0.2, -0.15) is 0 Å². The van der Waals surface area contributed by atoms with Crippen LogP contribution < -0.4 is 25.9 Å². The van der Waals surface area contributed by atoms with Crippen molar-refractivity contribution in [2.24, 2.45) is 5.92 Å². The number of benzene rings is 2. The maximum Gasteiger partial charge on any atom is 0.251 e. The number of ether oxygens (including phenoxy) is 1. The van der Waals surface area contributed by atoms with E-state index in [2.05, 4.69) is 48.1 Å². The third kappa shape index (κ3) is 6.43. The molecule has 2 amide bonds. The van der Waals surface area contributed by atoms with Crippen LogP contribution in [-0.4, -0.2) is 44.9 Å². The first-order valence-corrected chi connectivity index (χ1v) is 14.7. The number of carbonyl (C=O) groups excluding carboxylic acids is 2. The van der Waals surface area contributed by atoms with Gasteiger partial charge in [-0.15, -0.1) is 0 Å². The van der Waals surface area contributed by atoms with Crippen molar-refractivity contribution >= 4 is 30.8 Å². The number of aliphatic hydroxyl groups is 1. The number of amides is 2. The normalized spacial score (nSPS) is 19.4. The zero-order valence-electron chi connectivity index (χ0n) is 19.9. The molecule has 0 bridgehead atoms. The van der Waals surface area contributed by atoms with Gasteiger partial charge in [-0.1, -0.05) is 55.5 Å². The smallest absolute Gasteiger partial charge is 0.251 e. The Balaban J connectivity index is 1.78. The number of hydrogen-bond acceptors (Lipinski definition) is 5. The van der Waals surface area contributed by atoms with Crippen molar-refractivity contribution < 1.29 is 19.4 Å². The van der Waals surface area contributed by atoms with E-state index >= 15 is 0 Å². The van der Waals surface area contributed by atoms with E-state index < -0.39 is 20.3 Å². The summed E-state index contributed by atoms with van der Waals surface area (Å²) in [6, 6.07) is 15.4. The van der Waals surface area contributed by atoms with Crippen molar-refractivity contribution in [3.8, 4) is 5.75 Å². The van der Waals surface area contributed by atoms with Crippen LogP contribution in [0.1, 0.15) is 31.4 Å². The molecule has 3 unspecified atom stereocenters. The molecule has 7 nitrogen and oxygen atoms in total. The molecule has 3 atom stereocenters. The summed E-state index contributed by atoms with van der Waals surface area (Å²) < 4.78 is 5.22. The summed E-state index contributed by atoms with van der Waals surface area (Å²) in [5.74, 6) is -0.236. The molecule has 178 valence electrons. The molecule has 33 heavy (non-hydrogen) atoms. The molecular formula is C25H35N3O4Si. The number of methoxy groups -OCH3 is 1. The fraction of sp³-hybridized carbons (Fsp3) is 0.440. The number of nitrogens with one attached hydrogen (secondary N) is 3. The van der Waals surface area contributed by atoms with Gasteiger partial charge in [0.05, 0.1) is 15.2 Å². The van der Waals surface area contributed by atoms with Crippen molar-refractivity contribution in [1.82, 2.24) is 10.6 Å². The summed E-state index contributed by atoms with van der Waals surface area (Å²) >= 11 is 0. The lowest BCUT2D eigenvalue weighted by molar-refractivity contribution is -0.131. The molecule has 8 heteroatoms. The van der Waals surface area contributed by atoms with E-state index in [-0.39, 0.29) is 17.7 Å². The highest BCUT2D eigenvalue weighted by atomic mass is 28.3. The van der Waals surface area contributed by atoms with E-state index in [9.17, 15) is 14.7 Å². The standard InChI is InChI=1S/C25H35N3O4Si/c1-5-33(3,4)21-12-8-19(9-13-21)27-25(31)23(17-6-10-20(32-2)11-7-17)28-24(30)18-14-15-26-22(29)16-18/h6-13,18,22-23,26,29H,5,14-16H2,1-4H3,(H,27,31)(H,28,30). The van der Waals surface area contributed by atoms with Gasteiger partial charge in [-0.05, 0) is 49.2 Å². The Hall–Kier alpha value is -2.68. The largest absolute Gasteiger partial charge is 0.497 e. The summed E-state index contributed by atoms with van der Waals surface area (Å²) in [6.07, 6.45) is 0.219. The Morgan fingerprint density at radius 2 is 1.82 bits per heavy atom. The zero-order valence-corrected chi connectivity index (χ0v) is 20.9. The third-order valence-corrected chi connectivity index (χ3v) is 10.2. The second-order valence-electron chi connectivity index (χ2n) is 9.21. The average Bonchev–Trinajstić information content (AvgIpc) is 2.82. The molecular weight excluding hydrogens is 434 g/mol. The summed E-state index contributed by atoms with van der Waals surface area (Å²) in [6.45, 7) is 7.43. The Labute approximate surface area is 196 Å². The van der Waals surface area contributed by atoms with E-state index in [1.54, 1.807) is 31.4 Å². The van der Waals surface area contributed by atoms with E-state index in [1.165, 1.54) is 5.19 Å². The Bertz CT molecular complexity index is 947. The van der Waals surface area contributed by atoms with Gasteiger partial charge < -0.3 is 20.5 Å². The van der Waals surface area contributed by atoms with Crippen molar-refractivity contribution in [1.29, 1.82) is 0 Å². The van der Waals surface area contributed by atoms with Crippen LogP contribution in [0.15, 0.2) is 48.5 Å². The molecule has 1 fully saturated rings. The predicted octanol–water partition coefficient (Wildman–Crippen LogP) is 2.74. The first-order chi connectivity index (χ1) is 15.7. The zero-order chi connectivity index (χ0) is 24.0. The van der Waals surface area contributed by atoms with Gasteiger partial charge in [0.25, 0.3) is 5.91 Å². The van der Waals surface area contributed by atoms with Crippen LogP contribution in [0.25, 0.3) is 0 Å². The van der Waals surface area contributed by atoms with Crippen molar-refractivity contribution in [2.45, 2.75) is 51.2 Å². The molecule has 2 aromatic carbocycles. The van der Waals surface area contributed by atoms with Crippen molar-refractivity contribution in [3.63, 3.8) is 0 Å². The third-order valence-electron chi connectivity index (χ3n) is 6.57. The Morgan fingerprint density at radius 1 is 1.15 bits per heavy atom. The van der Waals surface area contributed by atoms with Gasteiger partial charge >= 0.3 is 0 Å². The molecule has 2 aromatic rings. The molecule has 1 saturated heterocycles. The van der Waals surface area contributed by atoms with Crippen molar-refractivity contribution in [2.75, 3.05) is 19.0 Å². The van der Waals surface area contributed by atoms with Crippen LogP contribution in [-0.2, 0) is 9.59 Å². The molecule has 1 heterocycles. The Morgan fingerprint density at radius 3 is 2.39 bits per heavy atom. The second kappa shape index (κ2) is 11.0. The number of piperidine rings is 1. The molecule has 1 aliphatic heterocycles. The molecule has 3 rings (SSSR count). The van der Waals surface area contributed by atoms with Gasteiger partial charge in [0.1, 0.15) is 18.0 Å². The number of aliphatic hydroxyl groups excluding tert-OH is 1. The number of anilines is 1. The topological polar surface area (TPSA) is 99.7 Å². The van der Waals surface area contributed by atoms with Gasteiger partial charge in [0.15, 0.2) is 0 Å². The van der Waals surface area contributed by atoms with Crippen LogP contribution in [0.3, 0.4) is 0 Å². The fourth-order valence-corrected chi connectivity index (χ4v) is 5.39. The Kier molecular flexibility index (Phi) is 8.28. The second-order valence-corrected chi connectivity index (χ2v) is 14.3. The average molecular weight is 470 g/mol. The van der Waals surface area contributed by atoms with Gasteiger partial charge in [-0.3, -0.25) is 14.9 Å². The van der Waals surface area contributed by atoms with E-state index in [1.807, 2.05) is 12.1 Å². The summed E-state index contributed by atoms with van der Waals surface area (Å²) in [7, 11) is 0.125. The van der Waals surface area contributed by atoms with E-state index in [0.717, 1.165) is 6.04 Å². The molecule has 4 N–H and O–H groups in total. The van der Waals surface area contributed by atoms with Crippen LogP contribution >= 0.6 is 0 Å². The highest BCUT2D eigenvalue weighted by Gasteiger charge is 2.30. The lowest BCUT2D eigenvalue weighted by Crippen LogP contribution is -2.46. The minimum absolute atomic E-state index is 0.238. The lowest BCUT2D eigenvalue weighted by atomic mass is 9.95. The minimum atomic E-state index is -1.45. The summed E-state index contributed by atoms with van der Waals surface area (Å²) in [4.78, 5) is 26.2. The number of carbonyl (C=O) groups is 2. The molecule has 0 aliphatic carbocycles. The van der Waals surface area contributed by atoms with Gasteiger partial charge in [-0.25, -0.2) is 0 Å². The molecule has 0 aromatic heterocycles. The van der Waals surface area contributed by atoms with Gasteiger partial charge in [0, 0.05) is 11.6 Å². The highest BCUT2D eigenvalue weighted by molar-refractivity contribution is 6.89. The molecule has 0 spiro atoms. The van der Waals surface area contributed by atoms with Crippen LogP contribution in [0.5, 0.6) is 5.75 Å². The molecule has 0 saturated carbocycles. The lowest BCUT2D eigenvalue weighted by Gasteiger charge is -2.28. The van der Waals surface area contributed by atoms with E-state index in [4.69, 9.17) is 4.74 Å². The maximum absolute atomic E-state index is 13.3. The highest BCUT2D eigenvalue weighted by Crippen LogP contribution is 2.22. The predicted molar refractivity (Wildman–Crippen MR) is 133 cm³/mol. The van der Waals surface area contributed by atoms with Crippen molar-refractivity contribution in [3.05, 3.63) is 54.1 Å². The number of rotatable bonds is 8. The maximum atomic E-state index is 13.3. The molecule has 1 aliphatic rings. The SMILES string of the molecule is CC[Si](C)(C)c1ccc(NC(=O)C(NC(=O)C2CCNC(O)C2)c2ccc(OC)cc2)cc1. The monoisotopic (exact) mass is 469 g/mol. The van der Waals surface area contributed by atoms with Gasteiger partial charge in [0.2, 0.25) is 5.91 Å². The van der Waals surface area contributed by atoms with Crippen LogP contribution in [0.2, 0.25) is 19.1 Å². The first-order valence-electron chi connectivity index (χ1n) is 11.5. The quantitative estimate of drug-likeness (QED) is 0.446. The first kappa shape index (κ1) is 24.9. The molecule has 0 radical (unpaired) electrons. The van der Waals surface area contributed by atoms with Crippen LogP contribution in [0.4, 0.5) is 5.69 Å². The summed E-state index contributed by atoms with van der Waals surface area (Å²) in [5, 5.41) is 20.0.